The fraction of sp³-hybridized carbons (Fsp3) is 0.500. The number of esters is 1. The van der Waals surface area contributed by atoms with Crippen LogP contribution < -0.4 is 4.90 Å². The molecule has 0 fully saturated rings. The first-order valence-electron chi connectivity index (χ1n) is 5.99. The lowest BCUT2D eigenvalue weighted by Gasteiger charge is -2.31. The van der Waals surface area contributed by atoms with E-state index in [9.17, 15) is 9.18 Å². The molecule has 0 heterocycles. The summed E-state index contributed by atoms with van der Waals surface area (Å²) in [5, 5.41) is 0. The van der Waals surface area contributed by atoms with E-state index in [1.807, 2.05) is 31.7 Å². The summed E-state index contributed by atoms with van der Waals surface area (Å²) < 4.78 is 18.0. The molecule has 0 N–H and O–H groups in total. The molecule has 4 heteroatoms. The van der Waals surface area contributed by atoms with E-state index < -0.39 is 5.41 Å². The minimum atomic E-state index is -0.628. The number of carbonyl (C=O) groups excluding carboxylic acids is 1. The van der Waals surface area contributed by atoms with Gasteiger partial charge in [0.05, 0.1) is 12.5 Å². The van der Waals surface area contributed by atoms with Gasteiger partial charge in [-0.1, -0.05) is 6.07 Å². The molecule has 0 aliphatic rings. The van der Waals surface area contributed by atoms with Gasteiger partial charge in [0.15, 0.2) is 0 Å². The number of hydrogen-bond acceptors (Lipinski definition) is 3. The van der Waals surface area contributed by atoms with Crippen molar-refractivity contribution in [3.63, 3.8) is 0 Å². The van der Waals surface area contributed by atoms with Gasteiger partial charge in [-0.25, -0.2) is 4.39 Å². The molecule has 18 heavy (non-hydrogen) atoms. The summed E-state index contributed by atoms with van der Waals surface area (Å²) in [6, 6.07) is 6.37. The van der Waals surface area contributed by atoms with Gasteiger partial charge < -0.3 is 9.64 Å². The Morgan fingerprint density at radius 2 is 2.11 bits per heavy atom. The van der Waals surface area contributed by atoms with Crippen LogP contribution in [-0.2, 0) is 9.53 Å². The highest BCUT2D eigenvalue weighted by molar-refractivity contribution is 5.76. The highest BCUT2D eigenvalue weighted by Crippen LogP contribution is 2.23. The van der Waals surface area contributed by atoms with Crippen molar-refractivity contribution in [2.45, 2.75) is 20.8 Å². The summed E-state index contributed by atoms with van der Waals surface area (Å²) >= 11 is 0. The van der Waals surface area contributed by atoms with Gasteiger partial charge in [-0.15, -0.1) is 0 Å². The van der Waals surface area contributed by atoms with Gasteiger partial charge >= 0.3 is 5.97 Å². The first-order valence-corrected chi connectivity index (χ1v) is 5.99. The average molecular weight is 253 g/mol. The van der Waals surface area contributed by atoms with E-state index in [0.717, 1.165) is 5.69 Å². The van der Waals surface area contributed by atoms with Crippen LogP contribution in [0.15, 0.2) is 24.3 Å². The molecule has 0 aliphatic carbocycles. The molecule has 0 spiro atoms. The molecule has 0 aliphatic heterocycles. The molecular formula is C14H20FNO2. The van der Waals surface area contributed by atoms with Gasteiger partial charge in [-0.05, 0) is 39.0 Å². The van der Waals surface area contributed by atoms with E-state index in [2.05, 4.69) is 0 Å². The zero-order chi connectivity index (χ0) is 13.8. The lowest BCUT2D eigenvalue weighted by Crippen LogP contribution is -2.40. The largest absolute Gasteiger partial charge is 0.469 e. The molecular weight excluding hydrogens is 233 g/mol. The maximum absolute atomic E-state index is 13.2. The molecule has 0 saturated carbocycles. The molecule has 0 radical (unpaired) electrons. The van der Waals surface area contributed by atoms with Crippen LogP contribution in [0.5, 0.6) is 0 Å². The third kappa shape index (κ3) is 3.45. The minimum absolute atomic E-state index is 0.266. The second-order valence-corrected chi connectivity index (χ2v) is 4.87. The summed E-state index contributed by atoms with van der Waals surface area (Å²) in [7, 11) is 1.38. The number of anilines is 1. The molecule has 0 aromatic heterocycles. The summed E-state index contributed by atoms with van der Waals surface area (Å²) in [6.07, 6.45) is 0. The summed E-state index contributed by atoms with van der Waals surface area (Å²) in [4.78, 5) is 13.6. The van der Waals surface area contributed by atoms with E-state index in [-0.39, 0.29) is 11.8 Å². The first-order chi connectivity index (χ1) is 8.40. The molecule has 0 unspecified atom stereocenters. The van der Waals surface area contributed by atoms with Gasteiger partial charge in [0, 0.05) is 18.8 Å². The highest BCUT2D eigenvalue weighted by atomic mass is 19.1. The van der Waals surface area contributed by atoms with Gasteiger partial charge in [-0.2, -0.15) is 0 Å². The Morgan fingerprint density at radius 3 is 2.61 bits per heavy atom. The van der Waals surface area contributed by atoms with Crippen LogP contribution in [0.2, 0.25) is 0 Å². The zero-order valence-corrected chi connectivity index (χ0v) is 11.4. The molecule has 3 nitrogen and oxygen atoms in total. The summed E-state index contributed by atoms with van der Waals surface area (Å²) in [6.45, 7) is 6.79. The van der Waals surface area contributed by atoms with E-state index in [1.165, 1.54) is 19.2 Å². The highest BCUT2D eigenvalue weighted by Gasteiger charge is 2.31. The number of benzene rings is 1. The van der Waals surface area contributed by atoms with E-state index in [0.29, 0.717) is 13.1 Å². The van der Waals surface area contributed by atoms with Gasteiger partial charge in [0.1, 0.15) is 5.82 Å². The molecule has 0 bridgehead atoms. The van der Waals surface area contributed by atoms with Crippen molar-refractivity contribution in [1.82, 2.24) is 0 Å². The third-order valence-electron chi connectivity index (χ3n) is 2.88. The van der Waals surface area contributed by atoms with Crippen LogP contribution in [0.1, 0.15) is 20.8 Å². The number of methoxy groups -OCH3 is 1. The van der Waals surface area contributed by atoms with Crippen LogP contribution in [0.4, 0.5) is 10.1 Å². The standard InChI is InChI=1S/C14H20FNO2/c1-5-16(10-14(2,3)13(17)18-4)12-8-6-7-11(15)9-12/h6-9H,5,10H2,1-4H3. The van der Waals surface area contributed by atoms with Crippen molar-refractivity contribution in [1.29, 1.82) is 0 Å². The van der Waals surface area contributed by atoms with Crippen molar-refractivity contribution in [2.75, 3.05) is 25.1 Å². The lowest BCUT2D eigenvalue weighted by atomic mass is 9.92. The second-order valence-electron chi connectivity index (χ2n) is 4.87. The van der Waals surface area contributed by atoms with Crippen LogP contribution in [0.3, 0.4) is 0 Å². The summed E-state index contributed by atoms with van der Waals surface area (Å²) in [5.74, 6) is -0.542. The molecule has 1 rings (SSSR count). The molecule has 0 atom stereocenters. The third-order valence-corrected chi connectivity index (χ3v) is 2.88. The Labute approximate surface area is 108 Å². The Kier molecular flexibility index (Phi) is 4.70. The molecule has 1 aromatic carbocycles. The van der Waals surface area contributed by atoms with Crippen LogP contribution in [0, 0.1) is 11.2 Å². The number of ether oxygens (including phenoxy) is 1. The van der Waals surface area contributed by atoms with E-state index in [1.54, 1.807) is 6.07 Å². The number of nitrogens with zero attached hydrogens (tertiary/aromatic N) is 1. The van der Waals surface area contributed by atoms with Crippen molar-refractivity contribution < 1.29 is 13.9 Å². The minimum Gasteiger partial charge on any atom is -0.469 e. The normalized spacial score (nSPS) is 11.2. The average Bonchev–Trinajstić information content (AvgIpc) is 2.34. The number of rotatable bonds is 5. The van der Waals surface area contributed by atoms with Gasteiger partial charge in [0.25, 0.3) is 0 Å². The van der Waals surface area contributed by atoms with Gasteiger partial charge in [-0.3, -0.25) is 4.79 Å². The van der Waals surface area contributed by atoms with Crippen LogP contribution >= 0.6 is 0 Å². The maximum Gasteiger partial charge on any atom is 0.313 e. The topological polar surface area (TPSA) is 29.5 Å². The SMILES string of the molecule is CCN(CC(C)(C)C(=O)OC)c1cccc(F)c1. The Hall–Kier alpha value is -1.58. The molecule has 0 saturated heterocycles. The Bertz CT molecular complexity index is 418. The van der Waals surface area contributed by atoms with Crippen LogP contribution in [0.25, 0.3) is 0 Å². The van der Waals surface area contributed by atoms with Crippen molar-refractivity contribution in [3.05, 3.63) is 30.1 Å². The van der Waals surface area contributed by atoms with E-state index in [4.69, 9.17) is 4.74 Å². The van der Waals surface area contributed by atoms with Crippen molar-refractivity contribution >= 4 is 11.7 Å². The zero-order valence-electron chi connectivity index (χ0n) is 11.4. The quantitative estimate of drug-likeness (QED) is 0.756. The lowest BCUT2D eigenvalue weighted by molar-refractivity contribution is -0.150. The van der Waals surface area contributed by atoms with Crippen molar-refractivity contribution in [3.8, 4) is 0 Å². The van der Waals surface area contributed by atoms with Gasteiger partial charge in [0.2, 0.25) is 0 Å². The fourth-order valence-electron chi connectivity index (χ4n) is 1.88. The second kappa shape index (κ2) is 5.85. The number of halogens is 1. The summed E-state index contributed by atoms with van der Waals surface area (Å²) in [5.41, 5.74) is 0.145. The first kappa shape index (κ1) is 14.5. The number of carbonyl (C=O) groups is 1. The smallest absolute Gasteiger partial charge is 0.313 e. The van der Waals surface area contributed by atoms with E-state index >= 15 is 0 Å². The number of hydrogen-bond donors (Lipinski definition) is 0. The fourth-order valence-corrected chi connectivity index (χ4v) is 1.88. The molecule has 1 aromatic rings. The van der Waals surface area contributed by atoms with Crippen molar-refractivity contribution in [2.24, 2.45) is 5.41 Å². The van der Waals surface area contributed by atoms with Crippen LogP contribution in [-0.4, -0.2) is 26.2 Å². The predicted octanol–water partition coefficient (Wildman–Crippen LogP) is 2.85. The maximum atomic E-state index is 13.2. The molecule has 100 valence electrons. The molecule has 0 amide bonds. The predicted molar refractivity (Wildman–Crippen MR) is 70.1 cm³/mol. The monoisotopic (exact) mass is 253 g/mol. The Balaban J connectivity index is 2.89. The Morgan fingerprint density at radius 1 is 1.44 bits per heavy atom.